The molecular formula is C16H28N2O2S. The monoisotopic (exact) mass is 312 g/mol. The van der Waals surface area contributed by atoms with Crippen molar-refractivity contribution in [3.05, 3.63) is 29.8 Å². The fourth-order valence-corrected chi connectivity index (χ4v) is 3.33. The lowest BCUT2D eigenvalue weighted by Crippen LogP contribution is -2.30. The molecule has 0 saturated heterocycles. The summed E-state index contributed by atoms with van der Waals surface area (Å²) in [5.74, 6) is 0. The molecule has 21 heavy (non-hydrogen) atoms. The molecule has 0 atom stereocenters. The zero-order valence-corrected chi connectivity index (χ0v) is 14.2. The molecule has 1 N–H and O–H groups in total. The Hall–Kier alpha value is -0.910. The van der Waals surface area contributed by atoms with Crippen LogP contribution < -0.4 is 4.72 Å². The summed E-state index contributed by atoms with van der Waals surface area (Å²) in [5.41, 5.74) is 1.18. The Bertz CT molecular complexity index is 494. The predicted octanol–water partition coefficient (Wildman–Crippen LogP) is 2.65. The van der Waals surface area contributed by atoms with E-state index in [0.717, 1.165) is 38.9 Å². The van der Waals surface area contributed by atoms with Gasteiger partial charge in [-0.15, -0.1) is 0 Å². The van der Waals surface area contributed by atoms with Gasteiger partial charge in [0.15, 0.2) is 0 Å². The average Bonchev–Trinajstić information content (AvgIpc) is 2.48. The van der Waals surface area contributed by atoms with E-state index in [9.17, 15) is 8.42 Å². The Morgan fingerprint density at radius 2 is 1.67 bits per heavy atom. The highest BCUT2D eigenvalue weighted by atomic mass is 32.2. The molecule has 0 aliphatic rings. The highest BCUT2D eigenvalue weighted by Crippen LogP contribution is 2.11. The van der Waals surface area contributed by atoms with Gasteiger partial charge < -0.3 is 4.90 Å². The van der Waals surface area contributed by atoms with Gasteiger partial charge in [0.2, 0.25) is 10.0 Å². The van der Waals surface area contributed by atoms with Crippen LogP contribution in [0, 0.1) is 0 Å². The van der Waals surface area contributed by atoms with Gasteiger partial charge in [-0.25, -0.2) is 13.1 Å². The van der Waals surface area contributed by atoms with Crippen molar-refractivity contribution in [3.8, 4) is 0 Å². The summed E-state index contributed by atoms with van der Waals surface area (Å²) in [7, 11) is -3.37. The maximum atomic E-state index is 12.2. The minimum atomic E-state index is -3.37. The molecule has 1 rings (SSSR count). The second-order valence-electron chi connectivity index (χ2n) is 5.17. The number of nitrogens with zero attached hydrogens (tertiary/aromatic N) is 1. The van der Waals surface area contributed by atoms with Gasteiger partial charge in [0.1, 0.15) is 0 Å². The number of hydrogen-bond acceptors (Lipinski definition) is 3. The fraction of sp³-hybridized carbons (Fsp3) is 0.625. The fourth-order valence-electron chi connectivity index (χ4n) is 2.26. The molecule has 0 unspecified atom stereocenters. The van der Waals surface area contributed by atoms with Gasteiger partial charge in [-0.3, -0.25) is 0 Å². The first-order valence-corrected chi connectivity index (χ1v) is 9.32. The van der Waals surface area contributed by atoms with E-state index in [1.54, 1.807) is 12.1 Å². The van der Waals surface area contributed by atoms with Crippen molar-refractivity contribution in [2.75, 3.05) is 26.2 Å². The lowest BCUT2D eigenvalue weighted by molar-refractivity contribution is 0.300. The van der Waals surface area contributed by atoms with Crippen LogP contribution in [0.2, 0.25) is 0 Å². The van der Waals surface area contributed by atoms with Gasteiger partial charge in [-0.2, -0.15) is 0 Å². The molecule has 0 bridgehead atoms. The highest BCUT2D eigenvalue weighted by molar-refractivity contribution is 7.89. The van der Waals surface area contributed by atoms with Crippen molar-refractivity contribution in [1.82, 2.24) is 9.62 Å². The Kier molecular flexibility index (Phi) is 7.93. The van der Waals surface area contributed by atoms with Gasteiger partial charge in [-0.05, 0) is 50.2 Å². The van der Waals surface area contributed by atoms with Gasteiger partial charge in [0.05, 0.1) is 4.90 Å². The lowest BCUT2D eigenvalue weighted by Gasteiger charge is -2.17. The van der Waals surface area contributed by atoms with E-state index in [1.165, 1.54) is 5.56 Å². The third kappa shape index (κ3) is 6.16. The van der Waals surface area contributed by atoms with E-state index >= 15 is 0 Å². The Labute approximate surface area is 129 Å². The maximum Gasteiger partial charge on any atom is 0.240 e. The summed E-state index contributed by atoms with van der Waals surface area (Å²) in [6.45, 7) is 9.75. The molecule has 0 amide bonds. The number of sulfonamides is 1. The molecule has 1 aromatic carbocycles. The molecule has 120 valence electrons. The molecule has 0 aliphatic carbocycles. The molecule has 0 aliphatic heterocycles. The largest absolute Gasteiger partial charge is 0.304 e. The summed E-state index contributed by atoms with van der Waals surface area (Å²) >= 11 is 0. The van der Waals surface area contributed by atoms with E-state index in [0.29, 0.717) is 11.4 Å². The second-order valence-corrected chi connectivity index (χ2v) is 6.94. The van der Waals surface area contributed by atoms with Gasteiger partial charge in [-0.1, -0.05) is 39.3 Å². The van der Waals surface area contributed by atoms with Crippen LogP contribution in [0.25, 0.3) is 0 Å². The molecule has 4 nitrogen and oxygen atoms in total. The Morgan fingerprint density at radius 3 is 2.19 bits per heavy atom. The van der Waals surface area contributed by atoms with E-state index < -0.39 is 10.0 Å². The standard InChI is InChI=1S/C16H28N2O2S/c1-4-8-15-9-11-16(12-10-15)21(19,20)17-13-7-14-18(5-2)6-3/h9-12,17H,4-8,13-14H2,1-3H3. The molecular weight excluding hydrogens is 284 g/mol. The Morgan fingerprint density at radius 1 is 1.05 bits per heavy atom. The summed E-state index contributed by atoms with van der Waals surface area (Å²) < 4.78 is 27.0. The normalized spacial score (nSPS) is 12.0. The molecule has 0 heterocycles. The second kappa shape index (κ2) is 9.18. The third-order valence-electron chi connectivity index (χ3n) is 3.61. The number of aryl methyl sites for hydroxylation is 1. The molecule has 0 fully saturated rings. The van der Waals surface area contributed by atoms with Crippen LogP contribution in [-0.4, -0.2) is 39.5 Å². The van der Waals surface area contributed by atoms with Crippen LogP contribution in [-0.2, 0) is 16.4 Å². The van der Waals surface area contributed by atoms with E-state index in [4.69, 9.17) is 0 Å². The lowest BCUT2D eigenvalue weighted by atomic mass is 10.1. The molecule has 0 radical (unpaired) electrons. The minimum absolute atomic E-state index is 0.352. The van der Waals surface area contributed by atoms with Gasteiger partial charge >= 0.3 is 0 Å². The minimum Gasteiger partial charge on any atom is -0.304 e. The number of rotatable bonds is 10. The quantitative estimate of drug-likeness (QED) is 0.676. The van der Waals surface area contributed by atoms with E-state index in [-0.39, 0.29) is 0 Å². The summed E-state index contributed by atoms with van der Waals surface area (Å²) in [4.78, 5) is 2.64. The molecule has 0 spiro atoms. The number of hydrogen-bond donors (Lipinski definition) is 1. The Balaban J connectivity index is 2.49. The van der Waals surface area contributed by atoms with Crippen LogP contribution in [0.15, 0.2) is 29.2 Å². The average molecular weight is 312 g/mol. The summed E-state index contributed by atoms with van der Waals surface area (Å²) in [6, 6.07) is 7.18. The molecule has 0 aromatic heterocycles. The topological polar surface area (TPSA) is 49.4 Å². The molecule has 1 aromatic rings. The van der Waals surface area contributed by atoms with Crippen molar-refractivity contribution in [2.45, 2.75) is 44.9 Å². The number of benzene rings is 1. The van der Waals surface area contributed by atoms with Crippen LogP contribution >= 0.6 is 0 Å². The van der Waals surface area contributed by atoms with Crippen molar-refractivity contribution in [1.29, 1.82) is 0 Å². The third-order valence-corrected chi connectivity index (χ3v) is 5.09. The van der Waals surface area contributed by atoms with E-state index in [1.807, 2.05) is 12.1 Å². The van der Waals surface area contributed by atoms with E-state index in [2.05, 4.69) is 30.4 Å². The van der Waals surface area contributed by atoms with Crippen molar-refractivity contribution >= 4 is 10.0 Å². The van der Waals surface area contributed by atoms with Crippen LogP contribution in [0.1, 0.15) is 39.2 Å². The smallest absolute Gasteiger partial charge is 0.240 e. The summed E-state index contributed by atoms with van der Waals surface area (Å²) in [5, 5.41) is 0. The van der Waals surface area contributed by atoms with Crippen LogP contribution in [0.3, 0.4) is 0 Å². The first kappa shape index (κ1) is 18.1. The van der Waals surface area contributed by atoms with Crippen molar-refractivity contribution in [2.24, 2.45) is 0 Å². The molecule has 5 heteroatoms. The number of nitrogens with one attached hydrogen (secondary N) is 1. The predicted molar refractivity (Wildman–Crippen MR) is 88.0 cm³/mol. The SMILES string of the molecule is CCCc1ccc(S(=O)(=O)NCCCN(CC)CC)cc1. The zero-order valence-electron chi connectivity index (χ0n) is 13.4. The van der Waals surface area contributed by atoms with Crippen LogP contribution in [0.4, 0.5) is 0 Å². The zero-order chi connectivity index (χ0) is 15.7. The van der Waals surface area contributed by atoms with Crippen molar-refractivity contribution < 1.29 is 8.42 Å². The highest BCUT2D eigenvalue weighted by Gasteiger charge is 2.13. The summed E-state index contributed by atoms with van der Waals surface area (Å²) in [6.07, 6.45) is 2.88. The first-order chi connectivity index (χ1) is 10.0. The maximum absolute atomic E-state index is 12.2. The van der Waals surface area contributed by atoms with Crippen LogP contribution in [0.5, 0.6) is 0 Å². The first-order valence-electron chi connectivity index (χ1n) is 7.84. The van der Waals surface area contributed by atoms with Gasteiger partial charge in [0.25, 0.3) is 0 Å². The molecule has 0 saturated carbocycles. The van der Waals surface area contributed by atoms with Gasteiger partial charge in [0, 0.05) is 6.54 Å². The van der Waals surface area contributed by atoms with Crippen molar-refractivity contribution in [3.63, 3.8) is 0 Å².